The van der Waals surface area contributed by atoms with Gasteiger partial charge < -0.3 is 36.0 Å². The van der Waals surface area contributed by atoms with Crippen LogP contribution in [0.25, 0.3) is 11.2 Å². The minimum Gasteiger partial charge on any atom is -0.394 e. The molecule has 0 spiro atoms. The Kier molecular flexibility index (Phi) is 3.94. The summed E-state index contributed by atoms with van der Waals surface area (Å²) in [5.41, 5.74) is 2.97. The number of aromatic amines is 1. The van der Waals surface area contributed by atoms with Crippen LogP contribution in [-0.2, 0) is 17.7 Å². The largest absolute Gasteiger partial charge is 0.394 e. The average Bonchev–Trinajstić information content (AvgIpc) is 2.80. The third-order valence-electron chi connectivity index (χ3n) is 4.19. The van der Waals surface area contributed by atoms with Gasteiger partial charge in [-0.3, -0.25) is 14.3 Å². The number of aromatic nitrogens is 4. The van der Waals surface area contributed by atoms with Gasteiger partial charge in [-0.2, -0.15) is 4.98 Å². The van der Waals surface area contributed by atoms with Crippen molar-refractivity contribution in [2.45, 2.75) is 30.3 Å². The predicted octanol–water partition coefficient (Wildman–Crippen LogP) is -4.92. The SMILES string of the molecule is Cn1c(=O)n([C@]2(O)O[C@H](CO)[C@@H](O)[C@H](O)[C@H]2O)c2nc(N)[nH]c(=O)c21. The quantitative estimate of drug-likeness (QED) is 0.271. The van der Waals surface area contributed by atoms with Gasteiger partial charge in [0.1, 0.15) is 18.3 Å². The highest BCUT2D eigenvalue weighted by molar-refractivity contribution is 5.71. The predicted molar refractivity (Wildman–Crippen MR) is 80.2 cm³/mol. The molecule has 1 aliphatic rings. The number of hydrogen-bond donors (Lipinski definition) is 7. The fraction of sp³-hybridized carbons (Fsp3) is 0.583. The maximum absolute atomic E-state index is 12.5. The van der Waals surface area contributed by atoms with Crippen LogP contribution in [0.4, 0.5) is 5.95 Å². The molecular weight excluding hydrogens is 342 g/mol. The minimum atomic E-state index is -2.92. The van der Waals surface area contributed by atoms with E-state index in [9.17, 15) is 35.1 Å². The molecule has 0 amide bonds. The molecule has 13 heteroatoms. The Morgan fingerprint density at radius 2 is 1.96 bits per heavy atom. The van der Waals surface area contributed by atoms with E-state index in [0.29, 0.717) is 4.57 Å². The van der Waals surface area contributed by atoms with Crippen molar-refractivity contribution < 1.29 is 30.3 Å². The van der Waals surface area contributed by atoms with Crippen molar-refractivity contribution in [3.05, 3.63) is 20.8 Å². The molecule has 0 aliphatic carbocycles. The highest BCUT2D eigenvalue weighted by Gasteiger charge is 2.55. The summed E-state index contributed by atoms with van der Waals surface area (Å²) in [5.74, 6) is -3.29. The fourth-order valence-corrected chi connectivity index (χ4v) is 2.88. The molecular formula is C12H17N5O8. The lowest BCUT2D eigenvalue weighted by Gasteiger charge is -2.45. The number of nitrogens with two attached hydrogens (primary N) is 1. The van der Waals surface area contributed by atoms with E-state index in [1.807, 2.05) is 0 Å². The Morgan fingerprint density at radius 3 is 2.56 bits per heavy atom. The van der Waals surface area contributed by atoms with Gasteiger partial charge >= 0.3 is 5.69 Å². The molecule has 0 unspecified atom stereocenters. The number of rotatable bonds is 2. The van der Waals surface area contributed by atoms with Crippen LogP contribution >= 0.6 is 0 Å². The molecule has 2 aromatic rings. The molecule has 25 heavy (non-hydrogen) atoms. The number of anilines is 1. The van der Waals surface area contributed by atoms with Crippen molar-refractivity contribution >= 4 is 17.1 Å². The standard InChI is InChI=1S/C12H17N5O8/c1-16-4-8(14-10(13)15-9(4)22)17(11(16)23)12(24)7(21)6(20)5(19)3(2-18)25-12/h3,5-7,18-21,24H,2H2,1H3,(H3,13,14,15,22)/t3-,5-,6+,7-,12-/m1/s1. The Labute approximate surface area is 138 Å². The third-order valence-corrected chi connectivity index (χ3v) is 4.19. The highest BCUT2D eigenvalue weighted by Crippen LogP contribution is 2.32. The van der Waals surface area contributed by atoms with E-state index < -0.39 is 53.8 Å². The third kappa shape index (κ3) is 2.29. The number of nitrogens with one attached hydrogen (secondary N) is 1. The molecule has 3 rings (SSSR count). The van der Waals surface area contributed by atoms with Crippen LogP contribution in [0.1, 0.15) is 0 Å². The second-order valence-corrected chi connectivity index (χ2v) is 5.72. The number of aliphatic hydroxyl groups excluding tert-OH is 4. The second-order valence-electron chi connectivity index (χ2n) is 5.72. The smallest absolute Gasteiger partial charge is 0.334 e. The van der Waals surface area contributed by atoms with Gasteiger partial charge in [-0.05, 0) is 0 Å². The summed E-state index contributed by atoms with van der Waals surface area (Å²) in [6.45, 7) is -0.830. The molecule has 1 fully saturated rings. The van der Waals surface area contributed by atoms with Gasteiger partial charge in [0, 0.05) is 7.05 Å². The van der Waals surface area contributed by atoms with Crippen LogP contribution in [0.2, 0.25) is 0 Å². The normalized spacial score (nSPS) is 33.0. The number of ether oxygens (including phenoxy) is 1. The van der Waals surface area contributed by atoms with Crippen LogP contribution in [0.3, 0.4) is 0 Å². The van der Waals surface area contributed by atoms with Crippen LogP contribution in [-0.4, -0.2) is 75.7 Å². The van der Waals surface area contributed by atoms with E-state index in [2.05, 4.69) is 9.97 Å². The molecule has 5 atom stereocenters. The summed E-state index contributed by atoms with van der Waals surface area (Å²) < 4.78 is 6.35. The number of aryl methyl sites for hydroxylation is 1. The maximum atomic E-state index is 12.5. The lowest BCUT2D eigenvalue weighted by molar-refractivity contribution is -0.390. The van der Waals surface area contributed by atoms with Gasteiger partial charge in [0.25, 0.3) is 11.5 Å². The number of nitrogens with zero attached hydrogens (tertiary/aromatic N) is 3. The fourth-order valence-electron chi connectivity index (χ4n) is 2.88. The van der Waals surface area contributed by atoms with Crippen molar-refractivity contribution in [3.8, 4) is 0 Å². The molecule has 1 aliphatic heterocycles. The first kappa shape index (κ1) is 17.5. The zero-order chi connectivity index (χ0) is 18.7. The molecule has 0 saturated carbocycles. The van der Waals surface area contributed by atoms with Gasteiger partial charge in [0.05, 0.1) is 6.61 Å². The van der Waals surface area contributed by atoms with Crippen molar-refractivity contribution in [1.29, 1.82) is 0 Å². The Morgan fingerprint density at radius 1 is 1.32 bits per heavy atom. The van der Waals surface area contributed by atoms with E-state index in [4.69, 9.17) is 10.5 Å². The van der Waals surface area contributed by atoms with Gasteiger partial charge in [-0.15, -0.1) is 0 Å². The number of fused-ring (bicyclic) bond motifs is 1. The average molecular weight is 359 g/mol. The summed E-state index contributed by atoms with van der Waals surface area (Å²) in [5, 5.41) is 49.9. The molecule has 138 valence electrons. The van der Waals surface area contributed by atoms with Gasteiger partial charge in [0.15, 0.2) is 17.3 Å². The number of imidazole rings is 1. The first-order valence-electron chi connectivity index (χ1n) is 7.16. The second kappa shape index (κ2) is 5.62. The zero-order valence-corrected chi connectivity index (χ0v) is 12.9. The van der Waals surface area contributed by atoms with Crippen molar-refractivity contribution in [2.24, 2.45) is 7.05 Å². The Bertz CT molecular complexity index is 932. The molecule has 2 aromatic heterocycles. The maximum Gasteiger partial charge on any atom is 0.334 e. The minimum absolute atomic E-state index is 0.274. The number of H-pyrrole nitrogens is 1. The van der Waals surface area contributed by atoms with E-state index >= 15 is 0 Å². The topological polar surface area (TPSA) is 209 Å². The number of nitrogen functional groups attached to an aromatic ring is 1. The lowest BCUT2D eigenvalue weighted by Crippen LogP contribution is -2.67. The van der Waals surface area contributed by atoms with E-state index in [-0.39, 0.29) is 11.5 Å². The summed E-state index contributed by atoms with van der Waals surface area (Å²) in [7, 11) is 1.21. The van der Waals surface area contributed by atoms with Gasteiger partial charge in [0.2, 0.25) is 5.95 Å². The van der Waals surface area contributed by atoms with E-state index in [0.717, 1.165) is 4.57 Å². The van der Waals surface area contributed by atoms with E-state index in [1.54, 1.807) is 0 Å². The summed E-state index contributed by atoms with van der Waals surface area (Å²) >= 11 is 0. The Balaban J connectivity index is 2.33. The highest BCUT2D eigenvalue weighted by atomic mass is 16.7. The monoisotopic (exact) mass is 359 g/mol. The van der Waals surface area contributed by atoms with Crippen molar-refractivity contribution in [1.82, 2.24) is 19.1 Å². The molecule has 0 bridgehead atoms. The molecule has 8 N–H and O–H groups in total. The molecule has 1 saturated heterocycles. The van der Waals surface area contributed by atoms with Crippen molar-refractivity contribution in [3.63, 3.8) is 0 Å². The summed E-state index contributed by atoms with van der Waals surface area (Å²) in [4.78, 5) is 30.5. The lowest BCUT2D eigenvalue weighted by atomic mass is 9.96. The summed E-state index contributed by atoms with van der Waals surface area (Å²) in [6.07, 6.45) is -7.41. The van der Waals surface area contributed by atoms with E-state index in [1.165, 1.54) is 7.05 Å². The summed E-state index contributed by atoms with van der Waals surface area (Å²) in [6, 6.07) is 0. The van der Waals surface area contributed by atoms with Crippen molar-refractivity contribution in [2.75, 3.05) is 12.3 Å². The molecule has 3 heterocycles. The Hall–Kier alpha value is -2.29. The van der Waals surface area contributed by atoms with Gasteiger partial charge in [-0.25, -0.2) is 9.36 Å². The van der Waals surface area contributed by atoms with Crippen LogP contribution < -0.4 is 17.0 Å². The van der Waals surface area contributed by atoms with Crippen LogP contribution in [0.5, 0.6) is 0 Å². The van der Waals surface area contributed by atoms with Gasteiger partial charge in [-0.1, -0.05) is 0 Å². The van der Waals surface area contributed by atoms with Crippen LogP contribution in [0.15, 0.2) is 9.59 Å². The van der Waals surface area contributed by atoms with Crippen LogP contribution in [0, 0.1) is 0 Å². The molecule has 0 radical (unpaired) electrons. The zero-order valence-electron chi connectivity index (χ0n) is 12.9. The number of hydrogen-bond acceptors (Lipinski definition) is 10. The molecule has 0 aromatic carbocycles. The number of aliphatic hydroxyl groups is 5. The first-order valence-corrected chi connectivity index (χ1v) is 7.16. The first-order chi connectivity index (χ1) is 11.6. The molecule has 13 nitrogen and oxygen atoms in total.